The van der Waals surface area contributed by atoms with E-state index in [4.69, 9.17) is 5.11 Å². The van der Waals surface area contributed by atoms with Gasteiger partial charge in [0.25, 0.3) is 0 Å². The third-order valence-corrected chi connectivity index (χ3v) is 2.71. The van der Waals surface area contributed by atoms with Gasteiger partial charge in [-0.1, -0.05) is 35.0 Å². The normalized spacial score (nSPS) is 12.2. The fourth-order valence-electron chi connectivity index (χ4n) is 1.25. The molecule has 1 aromatic carbocycles. The second-order valence-corrected chi connectivity index (χ2v) is 4.81. The number of rotatable bonds is 5. The minimum Gasteiger partial charge on any atom is -0.396 e. The van der Waals surface area contributed by atoms with Crippen LogP contribution in [-0.2, 0) is 11.2 Å². The molecule has 1 unspecified atom stereocenters. The van der Waals surface area contributed by atoms with Gasteiger partial charge in [0.05, 0.1) is 6.42 Å². The maximum atomic E-state index is 11.5. The summed E-state index contributed by atoms with van der Waals surface area (Å²) in [6.07, 6.45) is 0.373. The van der Waals surface area contributed by atoms with Gasteiger partial charge in [0.15, 0.2) is 0 Å². The summed E-state index contributed by atoms with van der Waals surface area (Å²) in [5.41, 5.74) is 0.975. The van der Waals surface area contributed by atoms with Gasteiger partial charge in [-0.15, -0.1) is 0 Å². The highest BCUT2D eigenvalue weighted by Crippen LogP contribution is 2.11. The third kappa shape index (κ3) is 4.77. The number of aliphatic hydroxyl groups is 1. The molecule has 0 fully saturated rings. The number of hydrogen-bond acceptors (Lipinski definition) is 2. The van der Waals surface area contributed by atoms with Gasteiger partial charge in [-0.25, -0.2) is 0 Å². The molecule has 16 heavy (non-hydrogen) atoms. The lowest BCUT2D eigenvalue weighted by Crippen LogP contribution is -2.30. The zero-order valence-electron chi connectivity index (χ0n) is 9.24. The van der Waals surface area contributed by atoms with Gasteiger partial charge in [0.2, 0.25) is 5.91 Å². The van der Waals surface area contributed by atoms with Crippen molar-refractivity contribution < 1.29 is 9.90 Å². The lowest BCUT2D eigenvalue weighted by molar-refractivity contribution is -0.120. The summed E-state index contributed by atoms with van der Waals surface area (Å²) < 4.78 is 0.974. The Morgan fingerprint density at radius 2 is 2.31 bits per heavy atom. The van der Waals surface area contributed by atoms with Gasteiger partial charge >= 0.3 is 0 Å². The summed E-state index contributed by atoms with van der Waals surface area (Å²) in [5, 5.41) is 11.6. The molecule has 1 amide bonds. The summed E-state index contributed by atoms with van der Waals surface area (Å²) in [6, 6.07) is 7.67. The quantitative estimate of drug-likeness (QED) is 0.866. The molecule has 88 valence electrons. The van der Waals surface area contributed by atoms with E-state index in [-0.39, 0.29) is 18.4 Å². The van der Waals surface area contributed by atoms with E-state index in [0.717, 1.165) is 10.0 Å². The fourth-order valence-corrected chi connectivity index (χ4v) is 1.69. The van der Waals surface area contributed by atoms with Crippen LogP contribution < -0.4 is 5.32 Å². The number of halogens is 1. The van der Waals surface area contributed by atoms with Gasteiger partial charge in [-0.2, -0.15) is 0 Å². The number of nitrogens with one attached hydrogen (secondary N) is 1. The van der Waals surface area contributed by atoms with Crippen LogP contribution in [0.3, 0.4) is 0 Å². The van der Waals surface area contributed by atoms with Crippen LogP contribution in [0.15, 0.2) is 28.7 Å². The molecule has 0 aliphatic heterocycles. The number of carbonyl (C=O) groups is 1. The van der Waals surface area contributed by atoms with Crippen molar-refractivity contribution in [1.82, 2.24) is 5.32 Å². The predicted octanol–water partition coefficient (Wildman–Crippen LogP) is 1.74. The van der Waals surface area contributed by atoms with Gasteiger partial charge in [0, 0.05) is 17.6 Å². The SMILES string of the molecule is CC(CO)CNC(=O)Cc1cccc(Br)c1. The first-order valence-corrected chi connectivity index (χ1v) is 6.03. The molecule has 0 bridgehead atoms. The summed E-state index contributed by atoms with van der Waals surface area (Å²) >= 11 is 3.36. The van der Waals surface area contributed by atoms with Crippen LogP contribution in [0.5, 0.6) is 0 Å². The average Bonchev–Trinajstić information content (AvgIpc) is 2.26. The Morgan fingerprint density at radius 1 is 1.56 bits per heavy atom. The Morgan fingerprint density at radius 3 is 2.94 bits per heavy atom. The molecular formula is C12H16BrNO2. The summed E-state index contributed by atoms with van der Waals surface area (Å²) in [4.78, 5) is 11.5. The predicted molar refractivity (Wildman–Crippen MR) is 67.1 cm³/mol. The molecule has 4 heteroatoms. The van der Waals surface area contributed by atoms with Crippen LogP contribution >= 0.6 is 15.9 Å². The van der Waals surface area contributed by atoms with Crippen LogP contribution in [0, 0.1) is 5.92 Å². The molecule has 1 atom stereocenters. The minimum atomic E-state index is -0.0154. The molecule has 0 spiro atoms. The van der Waals surface area contributed by atoms with Crippen molar-refractivity contribution in [3.63, 3.8) is 0 Å². The number of hydrogen-bond donors (Lipinski definition) is 2. The van der Waals surface area contributed by atoms with Crippen LogP contribution in [0.2, 0.25) is 0 Å². The van der Waals surface area contributed by atoms with Gasteiger partial charge in [-0.05, 0) is 23.6 Å². The van der Waals surface area contributed by atoms with E-state index >= 15 is 0 Å². The summed E-state index contributed by atoms with van der Waals surface area (Å²) in [7, 11) is 0. The standard InChI is InChI=1S/C12H16BrNO2/c1-9(8-15)7-14-12(16)6-10-3-2-4-11(13)5-10/h2-5,9,15H,6-8H2,1H3,(H,14,16). The van der Waals surface area contributed by atoms with E-state index in [1.807, 2.05) is 31.2 Å². The molecule has 3 nitrogen and oxygen atoms in total. The Hall–Kier alpha value is -0.870. The first-order chi connectivity index (χ1) is 7.61. The largest absolute Gasteiger partial charge is 0.396 e. The molecule has 0 saturated carbocycles. The maximum absolute atomic E-state index is 11.5. The molecule has 0 aliphatic carbocycles. The molecule has 0 saturated heterocycles. The monoisotopic (exact) mass is 285 g/mol. The topological polar surface area (TPSA) is 49.3 Å². The van der Waals surface area contributed by atoms with Crippen LogP contribution in [-0.4, -0.2) is 24.2 Å². The first-order valence-electron chi connectivity index (χ1n) is 5.24. The first kappa shape index (κ1) is 13.2. The van der Waals surface area contributed by atoms with E-state index < -0.39 is 0 Å². The van der Waals surface area contributed by atoms with Crippen molar-refractivity contribution in [3.05, 3.63) is 34.3 Å². The van der Waals surface area contributed by atoms with Crippen molar-refractivity contribution in [1.29, 1.82) is 0 Å². The molecule has 2 N–H and O–H groups in total. The highest BCUT2D eigenvalue weighted by molar-refractivity contribution is 9.10. The molecule has 0 aromatic heterocycles. The summed E-state index contributed by atoms with van der Waals surface area (Å²) in [5.74, 6) is 0.0878. The Labute approximate surface area is 104 Å². The smallest absolute Gasteiger partial charge is 0.224 e. The number of amides is 1. The van der Waals surface area contributed by atoms with Crippen LogP contribution in [0.25, 0.3) is 0 Å². The highest BCUT2D eigenvalue weighted by atomic mass is 79.9. The van der Waals surface area contributed by atoms with Gasteiger partial charge in [-0.3, -0.25) is 4.79 Å². The maximum Gasteiger partial charge on any atom is 0.224 e. The molecule has 1 aromatic rings. The molecule has 1 rings (SSSR count). The van der Waals surface area contributed by atoms with Crippen molar-refractivity contribution >= 4 is 21.8 Å². The molecular weight excluding hydrogens is 270 g/mol. The summed E-state index contributed by atoms with van der Waals surface area (Å²) in [6.45, 7) is 2.50. The second kappa shape index (κ2) is 6.66. The Balaban J connectivity index is 2.40. The fraction of sp³-hybridized carbons (Fsp3) is 0.417. The van der Waals surface area contributed by atoms with E-state index in [0.29, 0.717) is 13.0 Å². The lowest BCUT2D eigenvalue weighted by atomic mass is 10.1. The molecule has 0 radical (unpaired) electrons. The zero-order valence-corrected chi connectivity index (χ0v) is 10.8. The van der Waals surface area contributed by atoms with Gasteiger partial charge in [0.1, 0.15) is 0 Å². The van der Waals surface area contributed by atoms with Crippen LogP contribution in [0.1, 0.15) is 12.5 Å². The van der Waals surface area contributed by atoms with Gasteiger partial charge < -0.3 is 10.4 Å². The average molecular weight is 286 g/mol. The van der Waals surface area contributed by atoms with Crippen molar-refractivity contribution in [3.8, 4) is 0 Å². The van der Waals surface area contributed by atoms with Crippen LogP contribution in [0.4, 0.5) is 0 Å². The minimum absolute atomic E-state index is 0.0154. The van der Waals surface area contributed by atoms with E-state index in [2.05, 4.69) is 21.2 Å². The number of aliphatic hydroxyl groups excluding tert-OH is 1. The van der Waals surface area contributed by atoms with Crippen molar-refractivity contribution in [2.45, 2.75) is 13.3 Å². The van der Waals surface area contributed by atoms with E-state index in [9.17, 15) is 4.79 Å². The second-order valence-electron chi connectivity index (χ2n) is 3.90. The van der Waals surface area contributed by atoms with E-state index in [1.165, 1.54) is 0 Å². The lowest BCUT2D eigenvalue weighted by Gasteiger charge is -2.09. The third-order valence-electron chi connectivity index (χ3n) is 2.21. The number of benzene rings is 1. The highest BCUT2D eigenvalue weighted by Gasteiger charge is 2.05. The van der Waals surface area contributed by atoms with Crippen molar-refractivity contribution in [2.75, 3.05) is 13.2 Å². The Bertz CT molecular complexity index is 355. The molecule has 0 heterocycles. The van der Waals surface area contributed by atoms with Crippen molar-refractivity contribution in [2.24, 2.45) is 5.92 Å². The number of carbonyl (C=O) groups excluding carboxylic acids is 1. The Kier molecular flexibility index (Phi) is 5.49. The molecule has 0 aliphatic rings. The van der Waals surface area contributed by atoms with E-state index in [1.54, 1.807) is 0 Å². The zero-order chi connectivity index (χ0) is 12.0.